The van der Waals surface area contributed by atoms with Crippen molar-refractivity contribution < 1.29 is 4.74 Å². The summed E-state index contributed by atoms with van der Waals surface area (Å²) in [6.07, 6.45) is 0. The molecule has 4 heterocycles. The van der Waals surface area contributed by atoms with Crippen LogP contribution in [0, 0.1) is 0 Å². The van der Waals surface area contributed by atoms with Crippen molar-refractivity contribution in [3.63, 3.8) is 0 Å². The lowest BCUT2D eigenvalue weighted by Crippen LogP contribution is -2.04. The van der Waals surface area contributed by atoms with E-state index in [1.807, 2.05) is 6.07 Å². The Labute approximate surface area is 333 Å². The van der Waals surface area contributed by atoms with E-state index in [1.165, 1.54) is 65.5 Å². The van der Waals surface area contributed by atoms with Crippen molar-refractivity contribution in [2.24, 2.45) is 0 Å². The van der Waals surface area contributed by atoms with E-state index >= 15 is 0 Å². The van der Waals surface area contributed by atoms with Crippen molar-refractivity contribution in [3.8, 4) is 50.8 Å². The van der Waals surface area contributed by atoms with Crippen molar-refractivity contribution in [3.05, 3.63) is 200 Å². The molecule has 0 aliphatic carbocycles. The zero-order valence-electron chi connectivity index (χ0n) is 31.3. The molecule has 0 saturated heterocycles. The number of para-hydroxylation sites is 6. The van der Waals surface area contributed by atoms with Crippen LogP contribution in [0.15, 0.2) is 200 Å². The summed E-state index contributed by atoms with van der Waals surface area (Å²) in [5.41, 5.74) is 15.0. The van der Waals surface area contributed by atoms with Gasteiger partial charge in [-0.05, 0) is 107 Å². The Morgan fingerprint density at radius 2 is 0.741 bits per heavy atom. The Bertz CT molecular complexity index is 3570. The van der Waals surface area contributed by atoms with Gasteiger partial charge in [-0.1, -0.05) is 115 Å². The lowest BCUT2D eigenvalue weighted by molar-refractivity contribution is 0.476. The van der Waals surface area contributed by atoms with Gasteiger partial charge in [-0.15, -0.1) is 0 Å². The zero-order chi connectivity index (χ0) is 37.9. The van der Waals surface area contributed by atoms with Gasteiger partial charge in [0, 0.05) is 43.7 Å². The van der Waals surface area contributed by atoms with E-state index in [-0.39, 0.29) is 0 Å². The van der Waals surface area contributed by atoms with Crippen LogP contribution in [0.4, 0.5) is 0 Å². The molecule has 3 aromatic heterocycles. The molecule has 0 N–H and O–H groups in total. The minimum atomic E-state index is 0.855. The third-order valence-electron chi connectivity index (χ3n) is 12.2. The van der Waals surface area contributed by atoms with Crippen LogP contribution in [0.2, 0.25) is 0 Å². The van der Waals surface area contributed by atoms with Gasteiger partial charge in [-0.3, -0.25) is 0 Å². The number of nitrogens with zero attached hydrogens (tertiary/aromatic N) is 3. The normalized spacial score (nSPS) is 12.3. The Balaban J connectivity index is 1.01. The fraction of sp³-hybridized carbons (Fsp3) is 0. The lowest BCUT2D eigenvalue weighted by Gasteiger charge is -2.21. The SMILES string of the molecule is c1cc(-c2ccc3c(c2)c2cc(-c4cccc(-n5c6ccccc6c6ccccc65)c4)cc4c2n3-c2ccccc2O4)cc(-n2c3ccccc3c3ccccc32)c1. The molecular formula is C54H33N3O. The second-order valence-corrected chi connectivity index (χ2v) is 15.3. The number of hydrogen-bond acceptors (Lipinski definition) is 1. The lowest BCUT2D eigenvalue weighted by atomic mass is 9.99. The summed E-state index contributed by atoms with van der Waals surface area (Å²) in [6.45, 7) is 0. The molecule has 12 aromatic rings. The Hall–Kier alpha value is -7.82. The van der Waals surface area contributed by atoms with Crippen LogP contribution in [-0.2, 0) is 0 Å². The number of rotatable bonds is 4. The fourth-order valence-electron chi connectivity index (χ4n) is 9.68. The van der Waals surface area contributed by atoms with Gasteiger partial charge < -0.3 is 18.4 Å². The Kier molecular flexibility index (Phi) is 6.41. The summed E-state index contributed by atoms with van der Waals surface area (Å²) in [7, 11) is 0. The average molecular weight is 740 g/mol. The molecule has 0 bridgehead atoms. The summed E-state index contributed by atoms with van der Waals surface area (Å²) >= 11 is 0. The maximum Gasteiger partial charge on any atom is 0.152 e. The van der Waals surface area contributed by atoms with E-state index in [1.54, 1.807) is 0 Å². The molecule has 58 heavy (non-hydrogen) atoms. The van der Waals surface area contributed by atoms with Crippen LogP contribution in [-0.4, -0.2) is 13.7 Å². The highest BCUT2D eigenvalue weighted by Gasteiger charge is 2.25. The van der Waals surface area contributed by atoms with Crippen molar-refractivity contribution in [1.82, 2.24) is 13.7 Å². The molecule has 0 saturated carbocycles. The van der Waals surface area contributed by atoms with Gasteiger partial charge >= 0.3 is 0 Å². The van der Waals surface area contributed by atoms with Crippen molar-refractivity contribution in [2.75, 3.05) is 0 Å². The molecule has 0 atom stereocenters. The molecule has 0 radical (unpaired) electrons. The van der Waals surface area contributed by atoms with E-state index in [0.717, 1.165) is 50.7 Å². The maximum absolute atomic E-state index is 6.77. The summed E-state index contributed by atoms with van der Waals surface area (Å²) in [6, 6.07) is 72.5. The van der Waals surface area contributed by atoms with E-state index < -0.39 is 0 Å². The molecule has 0 spiro atoms. The van der Waals surface area contributed by atoms with Gasteiger partial charge in [-0.2, -0.15) is 0 Å². The smallest absolute Gasteiger partial charge is 0.152 e. The van der Waals surface area contributed by atoms with E-state index in [4.69, 9.17) is 4.74 Å². The van der Waals surface area contributed by atoms with E-state index in [9.17, 15) is 0 Å². The van der Waals surface area contributed by atoms with E-state index in [0.29, 0.717) is 0 Å². The number of aromatic nitrogens is 3. The van der Waals surface area contributed by atoms with Crippen LogP contribution in [0.5, 0.6) is 11.5 Å². The topological polar surface area (TPSA) is 24.0 Å². The molecule has 0 amide bonds. The quantitative estimate of drug-likeness (QED) is 0.176. The Morgan fingerprint density at radius 1 is 0.276 bits per heavy atom. The average Bonchev–Trinajstić information content (AvgIpc) is 3.93. The minimum absolute atomic E-state index is 0.855. The third kappa shape index (κ3) is 4.40. The molecular weight excluding hydrogens is 707 g/mol. The molecule has 4 nitrogen and oxygen atoms in total. The number of benzene rings is 9. The first kappa shape index (κ1) is 31.4. The molecule has 4 heteroatoms. The van der Waals surface area contributed by atoms with Gasteiger partial charge in [0.2, 0.25) is 0 Å². The van der Waals surface area contributed by atoms with E-state index in [2.05, 4.69) is 208 Å². The van der Waals surface area contributed by atoms with Crippen LogP contribution in [0.25, 0.3) is 105 Å². The minimum Gasteiger partial charge on any atom is -0.453 e. The summed E-state index contributed by atoms with van der Waals surface area (Å²) in [5.74, 6) is 1.72. The second-order valence-electron chi connectivity index (χ2n) is 15.3. The van der Waals surface area contributed by atoms with Gasteiger partial charge in [0.15, 0.2) is 11.5 Å². The molecule has 1 aliphatic rings. The summed E-state index contributed by atoms with van der Waals surface area (Å²) in [5, 5.41) is 7.39. The van der Waals surface area contributed by atoms with Gasteiger partial charge in [-0.25, -0.2) is 0 Å². The third-order valence-corrected chi connectivity index (χ3v) is 12.2. The second kappa shape index (κ2) is 11.8. The first-order chi connectivity index (χ1) is 28.8. The van der Waals surface area contributed by atoms with Crippen molar-refractivity contribution >= 4 is 65.4 Å². The molecule has 1 aliphatic heterocycles. The number of ether oxygens (including phenoxy) is 1. The predicted molar refractivity (Wildman–Crippen MR) is 240 cm³/mol. The highest BCUT2D eigenvalue weighted by atomic mass is 16.5. The molecule has 270 valence electrons. The number of hydrogen-bond donors (Lipinski definition) is 0. The van der Waals surface area contributed by atoms with Crippen LogP contribution < -0.4 is 4.74 Å². The van der Waals surface area contributed by atoms with Crippen molar-refractivity contribution in [2.45, 2.75) is 0 Å². The standard InChI is InChI=1S/C54H33N3O/c1-5-21-46-40(17-1)41-18-2-6-22-47(41)55(46)38-15-11-13-34(29-38)36-27-28-50-44(31-36)45-32-37(33-53-54(45)57(50)51-25-9-10-26-52(51)58-53)35-14-12-16-39(30-35)56-48-23-7-3-19-42(48)43-20-4-8-24-49(43)56/h1-33H. The summed E-state index contributed by atoms with van der Waals surface area (Å²) in [4.78, 5) is 0. The van der Waals surface area contributed by atoms with Crippen LogP contribution in [0.3, 0.4) is 0 Å². The number of fused-ring (bicyclic) bond motifs is 11. The summed E-state index contributed by atoms with van der Waals surface area (Å²) < 4.78 is 13.9. The predicted octanol–water partition coefficient (Wildman–Crippen LogP) is 14.4. The van der Waals surface area contributed by atoms with Crippen LogP contribution >= 0.6 is 0 Å². The molecule has 0 unspecified atom stereocenters. The zero-order valence-corrected chi connectivity index (χ0v) is 31.3. The maximum atomic E-state index is 6.77. The monoisotopic (exact) mass is 739 g/mol. The fourth-order valence-corrected chi connectivity index (χ4v) is 9.68. The Morgan fingerprint density at radius 3 is 1.33 bits per heavy atom. The van der Waals surface area contributed by atoms with Crippen LogP contribution in [0.1, 0.15) is 0 Å². The van der Waals surface area contributed by atoms with Gasteiger partial charge in [0.05, 0.1) is 38.8 Å². The first-order valence-electron chi connectivity index (χ1n) is 19.8. The first-order valence-corrected chi connectivity index (χ1v) is 19.8. The highest BCUT2D eigenvalue weighted by Crippen LogP contribution is 2.48. The van der Waals surface area contributed by atoms with Gasteiger partial charge in [0.1, 0.15) is 0 Å². The highest BCUT2D eigenvalue weighted by molar-refractivity contribution is 6.15. The van der Waals surface area contributed by atoms with Crippen molar-refractivity contribution in [1.29, 1.82) is 0 Å². The largest absolute Gasteiger partial charge is 0.453 e. The molecule has 9 aromatic carbocycles. The van der Waals surface area contributed by atoms with Gasteiger partial charge in [0.25, 0.3) is 0 Å². The molecule has 0 fully saturated rings. The molecule has 13 rings (SSSR count).